The van der Waals surface area contributed by atoms with Gasteiger partial charge in [0.25, 0.3) is 0 Å². The summed E-state index contributed by atoms with van der Waals surface area (Å²) in [5, 5.41) is 0. The van der Waals surface area contributed by atoms with Crippen LogP contribution in [-0.4, -0.2) is 109 Å². The van der Waals surface area contributed by atoms with E-state index in [4.69, 9.17) is 52.1 Å². The van der Waals surface area contributed by atoms with Gasteiger partial charge in [0.1, 0.15) is 46.7 Å². The predicted molar refractivity (Wildman–Crippen MR) is 286 cm³/mol. The van der Waals surface area contributed by atoms with Gasteiger partial charge in [0.15, 0.2) is 11.6 Å². The predicted octanol–water partition coefficient (Wildman–Crippen LogP) is 12.2. The van der Waals surface area contributed by atoms with Crippen LogP contribution in [0.15, 0.2) is 127 Å². The standard InChI is InChI=1S/C42H44O10.C20H18F4O5/c1-28-39-22-33(51-41(43)29-6-10-31(11-7-29)47-20-4-2-18-45-24-35-26-49-35)14-16-37(39)38-17-15-34(23-40(28)38)52-42(44)30-8-12-32(13-9-30)48-21-5-3-19-46-25-36-27-50-36;1-2-19(10-26-11-19)12-27-14-5-3-13(4-6-14)18(25)28-15-7-8-17(16(21)9-15)29-20(22,23)24/h6-17,22-23,28,35-36H,2-5,18-21,24-27H2,1H3;3-9H,2,10-12H2,1H3. The third-order valence-electron chi connectivity index (χ3n) is 13.7. The summed E-state index contributed by atoms with van der Waals surface area (Å²) in [6.45, 7) is 11.4. The molecule has 10 rings (SSSR count). The molecular weight excluding hydrogens is 1060 g/mol. The van der Waals surface area contributed by atoms with Crippen molar-refractivity contribution in [1.82, 2.24) is 0 Å². The van der Waals surface area contributed by atoms with Crippen molar-refractivity contribution in [3.8, 4) is 51.4 Å². The molecule has 3 saturated heterocycles. The Labute approximate surface area is 466 Å². The van der Waals surface area contributed by atoms with E-state index in [2.05, 4.69) is 18.6 Å². The lowest BCUT2D eigenvalue weighted by atomic mass is 9.84. The molecule has 0 radical (unpaired) electrons. The number of carbonyl (C=O) groups is 3. The van der Waals surface area contributed by atoms with Crippen molar-refractivity contribution < 1.29 is 88.8 Å². The van der Waals surface area contributed by atoms with Crippen LogP contribution in [0.1, 0.15) is 94.1 Å². The highest BCUT2D eigenvalue weighted by Gasteiger charge is 2.38. The molecule has 0 amide bonds. The molecule has 0 spiro atoms. The third kappa shape index (κ3) is 17.0. The summed E-state index contributed by atoms with van der Waals surface area (Å²) < 4.78 is 114. The minimum Gasteiger partial charge on any atom is -0.494 e. The van der Waals surface area contributed by atoms with Crippen molar-refractivity contribution in [3.63, 3.8) is 0 Å². The van der Waals surface area contributed by atoms with Crippen LogP contribution in [0.4, 0.5) is 17.6 Å². The van der Waals surface area contributed by atoms with Gasteiger partial charge >= 0.3 is 24.3 Å². The number of halogens is 4. The fourth-order valence-electron chi connectivity index (χ4n) is 8.66. The first kappa shape index (κ1) is 58.1. The Morgan fingerprint density at radius 3 is 1.32 bits per heavy atom. The van der Waals surface area contributed by atoms with Crippen LogP contribution in [0, 0.1) is 11.2 Å². The van der Waals surface area contributed by atoms with E-state index in [1.807, 2.05) is 24.3 Å². The molecule has 0 N–H and O–H groups in total. The first-order chi connectivity index (χ1) is 39.2. The number of esters is 3. The molecule has 81 heavy (non-hydrogen) atoms. The summed E-state index contributed by atoms with van der Waals surface area (Å²) in [5.41, 5.74) is 5.25. The quantitative estimate of drug-likeness (QED) is 0.0157. The van der Waals surface area contributed by atoms with Gasteiger partial charge in [-0.15, -0.1) is 13.2 Å². The largest absolute Gasteiger partial charge is 0.573 e. The van der Waals surface area contributed by atoms with E-state index >= 15 is 0 Å². The van der Waals surface area contributed by atoms with Gasteiger partial charge in [0.05, 0.1) is 81.6 Å². The number of unbranched alkanes of at least 4 members (excludes halogenated alkanes) is 2. The molecule has 0 aromatic heterocycles. The van der Waals surface area contributed by atoms with Crippen molar-refractivity contribution in [2.24, 2.45) is 5.41 Å². The maximum Gasteiger partial charge on any atom is 0.573 e. The zero-order chi connectivity index (χ0) is 56.8. The molecule has 2 unspecified atom stereocenters. The van der Waals surface area contributed by atoms with Crippen LogP contribution in [0.25, 0.3) is 11.1 Å². The molecule has 6 aromatic carbocycles. The molecule has 6 aromatic rings. The highest BCUT2D eigenvalue weighted by atomic mass is 19.4. The van der Waals surface area contributed by atoms with Gasteiger partial charge in [-0.3, -0.25) is 0 Å². The summed E-state index contributed by atoms with van der Waals surface area (Å²) in [6.07, 6.45) is 0.0678. The molecule has 4 aliphatic rings. The highest BCUT2D eigenvalue weighted by molar-refractivity contribution is 5.93. The van der Waals surface area contributed by atoms with Crippen molar-refractivity contribution in [2.75, 3.05) is 72.7 Å². The zero-order valence-electron chi connectivity index (χ0n) is 44.8. The van der Waals surface area contributed by atoms with E-state index in [0.717, 1.165) is 79.7 Å². The number of epoxide rings is 2. The van der Waals surface area contributed by atoms with Crippen LogP contribution in [0.2, 0.25) is 0 Å². The van der Waals surface area contributed by atoms with Crippen LogP contribution in [0.5, 0.6) is 40.2 Å². The molecule has 19 heteroatoms. The van der Waals surface area contributed by atoms with Gasteiger partial charge < -0.3 is 56.8 Å². The molecule has 428 valence electrons. The fourth-order valence-corrected chi connectivity index (χ4v) is 8.66. The van der Waals surface area contributed by atoms with Crippen molar-refractivity contribution >= 4 is 17.9 Å². The summed E-state index contributed by atoms with van der Waals surface area (Å²) in [7, 11) is 0. The van der Waals surface area contributed by atoms with E-state index in [1.54, 1.807) is 72.8 Å². The van der Waals surface area contributed by atoms with Gasteiger partial charge in [0, 0.05) is 25.2 Å². The summed E-state index contributed by atoms with van der Waals surface area (Å²) in [6, 6.07) is 33.8. The monoisotopic (exact) mass is 1120 g/mol. The molecular formula is C62H62F4O15. The second-order valence-corrected chi connectivity index (χ2v) is 19.9. The minimum absolute atomic E-state index is 0.00715. The van der Waals surface area contributed by atoms with E-state index in [-0.39, 0.29) is 34.9 Å². The minimum atomic E-state index is -5.02. The lowest BCUT2D eigenvalue weighted by molar-refractivity contribution is -0.275. The second-order valence-electron chi connectivity index (χ2n) is 19.9. The Morgan fingerprint density at radius 2 is 0.938 bits per heavy atom. The van der Waals surface area contributed by atoms with Crippen molar-refractivity contribution in [1.29, 1.82) is 0 Å². The Morgan fingerprint density at radius 1 is 0.543 bits per heavy atom. The van der Waals surface area contributed by atoms with E-state index in [0.29, 0.717) is 105 Å². The topological polar surface area (TPSA) is 169 Å². The number of alkyl halides is 3. The van der Waals surface area contributed by atoms with Crippen LogP contribution in [-0.2, 0) is 23.7 Å². The zero-order valence-corrected chi connectivity index (χ0v) is 44.8. The number of hydrogen-bond donors (Lipinski definition) is 0. The summed E-state index contributed by atoms with van der Waals surface area (Å²) >= 11 is 0. The molecule has 3 heterocycles. The molecule has 0 bridgehead atoms. The Bertz CT molecular complexity index is 2930. The SMILES string of the molecule is CC1c2cc(OC(=O)c3ccc(OCCCCOCC4CO4)cc3)ccc2-c2ccc(OC(=O)c3ccc(OCCCCOCC4CO4)cc3)cc21.CCC1(COc2ccc(C(=O)Oc3ccc(OC(F)(F)F)c(F)c3)cc2)COC1. The first-order valence-corrected chi connectivity index (χ1v) is 26.8. The first-order valence-electron chi connectivity index (χ1n) is 26.8. The molecule has 2 atom stereocenters. The van der Waals surface area contributed by atoms with Gasteiger partial charge in [0.2, 0.25) is 0 Å². The number of benzene rings is 6. The van der Waals surface area contributed by atoms with Crippen LogP contribution < -0.4 is 33.2 Å². The molecule has 1 aliphatic carbocycles. The van der Waals surface area contributed by atoms with Crippen LogP contribution >= 0.6 is 0 Å². The normalized spacial score (nSPS) is 17.0. The number of ether oxygens (including phenoxy) is 12. The number of rotatable bonds is 27. The maximum atomic E-state index is 13.7. The summed E-state index contributed by atoms with van der Waals surface area (Å²) in [4.78, 5) is 38.1. The van der Waals surface area contributed by atoms with Gasteiger partial charge in [-0.1, -0.05) is 26.0 Å². The van der Waals surface area contributed by atoms with E-state index in [9.17, 15) is 31.9 Å². The smallest absolute Gasteiger partial charge is 0.494 e. The van der Waals surface area contributed by atoms with Crippen molar-refractivity contribution in [3.05, 3.63) is 161 Å². The Hall–Kier alpha value is -7.55. The lowest BCUT2D eigenvalue weighted by Crippen LogP contribution is -2.46. The van der Waals surface area contributed by atoms with Gasteiger partial charge in [-0.25, -0.2) is 18.8 Å². The van der Waals surface area contributed by atoms with Crippen molar-refractivity contribution in [2.45, 2.75) is 70.4 Å². The average molecular weight is 1120 g/mol. The number of hydrogen-bond acceptors (Lipinski definition) is 15. The van der Waals surface area contributed by atoms with Gasteiger partial charge in [-0.05, 0) is 164 Å². The molecule has 3 fully saturated rings. The lowest BCUT2D eigenvalue weighted by Gasteiger charge is -2.40. The third-order valence-corrected chi connectivity index (χ3v) is 13.7. The number of fused-ring (bicyclic) bond motifs is 3. The van der Waals surface area contributed by atoms with E-state index < -0.39 is 35.8 Å². The van der Waals surface area contributed by atoms with Gasteiger partial charge in [-0.2, -0.15) is 0 Å². The maximum absolute atomic E-state index is 13.7. The Balaban J connectivity index is 0.000000231. The molecule has 15 nitrogen and oxygen atoms in total. The van der Waals surface area contributed by atoms with Crippen LogP contribution in [0.3, 0.4) is 0 Å². The molecule has 0 saturated carbocycles. The average Bonchev–Trinajstić information content (AvgIpc) is 4.34. The fraction of sp³-hybridized carbons (Fsp3) is 0.371. The highest BCUT2D eigenvalue weighted by Crippen LogP contribution is 2.47. The van der Waals surface area contributed by atoms with E-state index in [1.165, 1.54) is 12.1 Å². The Kier molecular flexibility index (Phi) is 19.6. The second kappa shape index (κ2) is 27.3. The number of carbonyl (C=O) groups excluding carboxylic acids is 3. The molecule has 3 aliphatic heterocycles. The summed E-state index contributed by atoms with van der Waals surface area (Å²) in [5.74, 6) is -1.35.